The van der Waals surface area contributed by atoms with Crippen LogP contribution in [0, 0.1) is 17.0 Å². The van der Waals surface area contributed by atoms with E-state index in [1.54, 1.807) is 12.3 Å². The molecule has 0 aliphatic carbocycles. The third-order valence-electron chi connectivity index (χ3n) is 9.72. The number of aromatic nitrogens is 1. The van der Waals surface area contributed by atoms with Gasteiger partial charge in [0.05, 0.1) is 23.6 Å². The van der Waals surface area contributed by atoms with Crippen molar-refractivity contribution in [3.8, 4) is 11.1 Å². The van der Waals surface area contributed by atoms with Gasteiger partial charge in [-0.2, -0.15) is 0 Å². The zero-order chi connectivity index (χ0) is 43.0. The van der Waals surface area contributed by atoms with Gasteiger partial charge in [-0.1, -0.05) is 83.7 Å². The van der Waals surface area contributed by atoms with Crippen LogP contribution in [0.2, 0.25) is 0 Å². The molecule has 0 saturated carbocycles. The maximum atomic E-state index is 15.1. The topological polar surface area (TPSA) is 193 Å². The fraction of sp³-hybridized carbons (Fsp3) is 0.524. The third-order valence-corrected chi connectivity index (χ3v) is 11.4. The number of unbranched alkanes of at least 4 members (excludes halogenated alkanes) is 3. The van der Waals surface area contributed by atoms with E-state index in [4.69, 9.17) is 5.73 Å². The van der Waals surface area contributed by atoms with Crippen LogP contribution >= 0.6 is 0 Å². The standard InChI is InChI=1S/C42H60F2N6O7S/c1-6-7-8-12-15-36(48-29(2)52)41(55)47-20-23-58(56,57)22-19-46-40(54)35(45)18-21-50(38(53)28-51)39(42(3,4)5)37-24-31(33-25-32(43)16-17-34(33)44)27-49(37)26-30-13-10-9-11-14-30/h9-11,13-14,16-17,24-25,27,35-36,39,51H,6-8,12,15,18-23,26,28,45H2,1-5H3,(H,46,54)(H,47,55)(H,48,52)/t35-,36-,39-/m0/s1. The van der Waals surface area contributed by atoms with Gasteiger partial charge in [0.25, 0.3) is 0 Å². The molecule has 4 amide bonds. The lowest BCUT2D eigenvalue weighted by molar-refractivity contribution is -0.140. The van der Waals surface area contributed by atoms with Gasteiger partial charge < -0.3 is 36.3 Å². The van der Waals surface area contributed by atoms with Crippen LogP contribution in [0.15, 0.2) is 60.8 Å². The molecule has 0 radical (unpaired) electrons. The van der Waals surface area contributed by atoms with Crippen molar-refractivity contribution in [2.75, 3.05) is 37.7 Å². The normalized spacial score (nSPS) is 13.3. The maximum Gasteiger partial charge on any atom is 0.248 e. The predicted molar refractivity (Wildman–Crippen MR) is 220 cm³/mol. The molecule has 16 heteroatoms. The Morgan fingerprint density at radius 2 is 1.57 bits per heavy atom. The van der Waals surface area contributed by atoms with Gasteiger partial charge in [0, 0.05) is 56.1 Å². The van der Waals surface area contributed by atoms with Gasteiger partial charge in [-0.25, -0.2) is 17.2 Å². The molecular weight excluding hydrogens is 771 g/mol. The molecule has 0 aliphatic rings. The van der Waals surface area contributed by atoms with Crippen LogP contribution in [0.1, 0.15) is 90.4 Å². The number of nitrogens with one attached hydrogen (secondary N) is 3. The van der Waals surface area contributed by atoms with Gasteiger partial charge in [-0.15, -0.1) is 0 Å². The van der Waals surface area contributed by atoms with E-state index in [0.717, 1.165) is 49.4 Å². The van der Waals surface area contributed by atoms with Crippen molar-refractivity contribution in [2.45, 2.75) is 97.8 Å². The smallest absolute Gasteiger partial charge is 0.248 e. The van der Waals surface area contributed by atoms with E-state index < -0.39 is 75.1 Å². The highest BCUT2D eigenvalue weighted by Crippen LogP contribution is 2.41. The number of aliphatic hydroxyl groups excluding tert-OH is 1. The first-order valence-corrected chi connectivity index (χ1v) is 21.6. The molecule has 1 aromatic heterocycles. The molecule has 0 aliphatic heterocycles. The molecule has 58 heavy (non-hydrogen) atoms. The summed E-state index contributed by atoms with van der Waals surface area (Å²) in [7, 11) is -3.71. The molecule has 1 heterocycles. The van der Waals surface area contributed by atoms with Gasteiger partial charge in [0.1, 0.15) is 24.3 Å². The van der Waals surface area contributed by atoms with E-state index in [1.807, 2.05) is 55.7 Å². The number of rotatable bonds is 23. The van der Waals surface area contributed by atoms with Gasteiger partial charge >= 0.3 is 0 Å². The molecule has 13 nitrogen and oxygen atoms in total. The van der Waals surface area contributed by atoms with Crippen molar-refractivity contribution < 1.29 is 41.5 Å². The number of amides is 4. The average Bonchev–Trinajstić information content (AvgIpc) is 3.56. The van der Waals surface area contributed by atoms with E-state index in [9.17, 15) is 37.1 Å². The predicted octanol–water partition coefficient (Wildman–Crippen LogP) is 4.23. The first-order valence-electron chi connectivity index (χ1n) is 19.7. The lowest BCUT2D eigenvalue weighted by Gasteiger charge is -2.41. The van der Waals surface area contributed by atoms with E-state index in [1.165, 1.54) is 11.8 Å². The second-order valence-corrected chi connectivity index (χ2v) is 17.9. The summed E-state index contributed by atoms with van der Waals surface area (Å²) in [6.45, 7) is 8.05. The Bertz CT molecular complexity index is 1930. The number of hydrogen-bond donors (Lipinski definition) is 5. The number of aliphatic hydroxyl groups is 1. The largest absolute Gasteiger partial charge is 0.387 e. The van der Waals surface area contributed by atoms with Crippen LogP contribution in [0.25, 0.3) is 11.1 Å². The van der Waals surface area contributed by atoms with Gasteiger partial charge in [0.2, 0.25) is 23.6 Å². The monoisotopic (exact) mass is 830 g/mol. The third kappa shape index (κ3) is 14.9. The van der Waals surface area contributed by atoms with Crippen LogP contribution < -0.4 is 21.7 Å². The number of carbonyl (C=O) groups is 4. The number of halogens is 2. The van der Waals surface area contributed by atoms with E-state index >= 15 is 4.39 Å². The Hall–Kier alpha value is -4.67. The minimum atomic E-state index is -3.71. The van der Waals surface area contributed by atoms with Crippen LogP contribution in [0.3, 0.4) is 0 Å². The van der Waals surface area contributed by atoms with E-state index in [0.29, 0.717) is 24.2 Å². The molecule has 6 N–H and O–H groups in total. The lowest BCUT2D eigenvalue weighted by atomic mass is 9.82. The van der Waals surface area contributed by atoms with Crippen molar-refractivity contribution in [2.24, 2.45) is 11.1 Å². The summed E-state index contributed by atoms with van der Waals surface area (Å²) in [5.74, 6) is -4.15. The van der Waals surface area contributed by atoms with Crippen molar-refractivity contribution >= 4 is 33.5 Å². The summed E-state index contributed by atoms with van der Waals surface area (Å²) in [6, 6.07) is 11.7. The first kappa shape index (κ1) is 47.7. The fourth-order valence-electron chi connectivity index (χ4n) is 6.81. The van der Waals surface area contributed by atoms with Gasteiger partial charge in [0.15, 0.2) is 9.84 Å². The summed E-state index contributed by atoms with van der Waals surface area (Å²) in [4.78, 5) is 52.2. The molecule has 2 aromatic carbocycles. The van der Waals surface area contributed by atoms with Crippen molar-refractivity contribution in [3.05, 3.63) is 83.7 Å². The molecule has 0 bridgehead atoms. The van der Waals surface area contributed by atoms with Crippen LogP contribution in [-0.4, -0.2) is 96.5 Å². The number of sulfone groups is 1. The highest BCUT2D eigenvalue weighted by atomic mass is 32.2. The molecule has 3 atom stereocenters. The lowest BCUT2D eigenvalue weighted by Crippen LogP contribution is -2.48. The number of benzene rings is 2. The fourth-order valence-corrected chi connectivity index (χ4v) is 7.85. The van der Waals surface area contributed by atoms with Crippen molar-refractivity contribution in [3.63, 3.8) is 0 Å². The minimum absolute atomic E-state index is 0.0370. The molecule has 3 rings (SSSR count). The molecule has 0 spiro atoms. The van der Waals surface area contributed by atoms with Crippen molar-refractivity contribution in [1.29, 1.82) is 0 Å². The Morgan fingerprint density at radius 1 is 0.914 bits per heavy atom. The summed E-state index contributed by atoms with van der Waals surface area (Å²) in [6.07, 6.45) is 5.75. The zero-order valence-corrected chi connectivity index (χ0v) is 35.0. The summed E-state index contributed by atoms with van der Waals surface area (Å²) in [5, 5.41) is 17.8. The summed E-state index contributed by atoms with van der Waals surface area (Å²) < 4.78 is 56.7. The second kappa shape index (κ2) is 22.5. The summed E-state index contributed by atoms with van der Waals surface area (Å²) >= 11 is 0. The molecule has 0 saturated heterocycles. The molecule has 0 fully saturated rings. The van der Waals surface area contributed by atoms with Gasteiger partial charge in [-0.3, -0.25) is 19.2 Å². The van der Waals surface area contributed by atoms with E-state index in [-0.39, 0.29) is 43.3 Å². The maximum absolute atomic E-state index is 15.1. The number of carbonyl (C=O) groups excluding carboxylic acids is 4. The highest BCUT2D eigenvalue weighted by molar-refractivity contribution is 7.91. The van der Waals surface area contributed by atoms with Crippen LogP contribution in [0.5, 0.6) is 0 Å². The Labute approximate surface area is 341 Å². The Kier molecular flexibility index (Phi) is 18.5. The van der Waals surface area contributed by atoms with Crippen LogP contribution in [0.4, 0.5) is 8.78 Å². The number of nitrogens with zero attached hydrogens (tertiary/aromatic N) is 2. The molecule has 3 aromatic rings. The number of hydrogen-bond acceptors (Lipinski definition) is 8. The average molecular weight is 831 g/mol. The Morgan fingerprint density at radius 3 is 2.17 bits per heavy atom. The molecule has 0 unspecified atom stereocenters. The SMILES string of the molecule is CCCCCC[C@H](NC(C)=O)C(=O)NCCS(=O)(=O)CCNC(=O)[C@@H](N)CCN(C(=O)CO)[C@@H](c1cc(-c2cc(F)ccc2F)cn1Cc1ccccc1)C(C)(C)C. The second-order valence-electron chi connectivity index (χ2n) is 15.6. The minimum Gasteiger partial charge on any atom is -0.387 e. The van der Waals surface area contributed by atoms with Crippen LogP contribution in [-0.2, 0) is 35.6 Å². The molecule has 320 valence electrons. The summed E-state index contributed by atoms with van der Waals surface area (Å²) in [5.41, 5.74) is 7.48. The first-order chi connectivity index (χ1) is 27.4. The number of nitrogens with two attached hydrogens (primary N) is 1. The quantitative estimate of drug-likeness (QED) is 0.0877. The van der Waals surface area contributed by atoms with Crippen molar-refractivity contribution in [1.82, 2.24) is 25.4 Å². The Balaban J connectivity index is 1.70. The highest BCUT2D eigenvalue weighted by Gasteiger charge is 2.37. The molecular formula is C42H60F2N6O7S. The van der Waals surface area contributed by atoms with Gasteiger partial charge in [-0.05, 0) is 48.1 Å². The zero-order valence-electron chi connectivity index (χ0n) is 34.2. The van der Waals surface area contributed by atoms with E-state index in [2.05, 4.69) is 22.9 Å².